The molecule has 0 saturated heterocycles. The van der Waals surface area contributed by atoms with E-state index in [1.807, 2.05) is 31.2 Å². The summed E-state index contributed by atoms with van der Waals surface area (Å²) in [5.41, 5.74) is 1.02. The van der Waals surface area contributed by atoms with Crippen molar-refractivity contribution in [2.45, 2.75) is 19.9 Å². The van der Waals surface area contributed by atoms with Gasteiger partial charge in [-0.3, -0.25) is 14.5 Å². The molecule has 5 nitrogen and oxygen atoms in total. The number of hydrogen-bond acceptors (Lipinski definition) is 3. The summed E-state index contributed by atoms with van der Waals surface area (Å²) in [6, 6.07) is 7.73. The van der Waals surface area contributed by atoms with Crippen LogP contribution in [-0.4, -0.2) is 53.5 Å². The van der Waals surface area contributed by atoms with Gasteiger partial charge in [-0.2, -0.15) is 0 Å². The van der Waals surface area contributed by atoms with Crippen molar-refractivity contribution < 1.29 is 14.7 Å². The van der Waals surface area contributed by atoms with E-state index in [0.29, 0.717) is 13.1 Å². The fourth-order valence-electron chi connectivity index (χ4n) is 2.00. The fourth-order valence-corrected chi connectivity index (χ4v) is 2.41. The molecule has 1 N–H and O–H groups in total. The number of nitrogens with zero attached hydrogens (tertiary/aromatic N) is 2. The first-order chi connectivity index (χ1) is 9.93. The average Bonchev–Trinajstić information content (AvgIpc) is 2.40. The minimum atomic E-state index is -0.912. The van der Waals surface area contributed by atoms with Crippen LogP contribution >= 0.6 is 15.9 Å². The van der Waals surface area contributed by atoms with E-state index in [4.69, 9.17) is 5.11 Å². The number of hydrogen-bond donors (Lipinski definition) is 1. The molecule has 0 aliphatic carbocycles. The maximum atomic E-state index is 12.2. The van der Waals surface area contributed by atoms with Gasteiger partial charge in [-0.25, -0.2) is 0 Å². The van der Waals surface area contributed by atoms with E-state index in [1.54, 1.807) is 16.8 Å². The molecule has 0 bridgehead atoms. The topological polar surface area (TPSA) is 60.9 Å². The average molecular weight is 357 g/mol. The van der Waals surface area contributed by atoms with Crippen molar-refractivity contribution in [3.8, 4) is 0 Å². The summed E-state index contributed by atoms with van der Waals surface area (Å²) < 4.78 is 0.959. The second-order valence-electron chi connectivity index (χ2n) is 4.95. The Morgan fingerprint density at radius 3 is 2.48 bits per heavy atom. The quantitative estimate of drug-likeness (QED) is 0.775. The van der Waals surface area contributed by atoms with E-state index in [0.717, 1.165) is 16.5 Å². The number of rotatable bonds is 8. The molecule has 1 amide bonds. The minimum Gasteiger partial charge on any atom is -0.480 e. The lowest BCUT2D eigenvalue weighted by Crippen LogP contribution is -2.40. The summed E-state index contributed by atoms with van der Waals surface area (Å²) in [5, 5.41) is 8.86. The third kappa shape index (κ3) is 6.27. The summed E-state index contributed by atoms with van der Waals surface area (Å²) >= 11 is 3.46. The Hall–Kier alpha value is -1.40. The number of amides is 1. The van der Waals surface area contributed by atoms with E-state index in [9.17, 15) is 9.59 Å². The lowest BCUT2D eigenvalue weighted by molar-refractivity contribution is -0.139. The number of carboxylic acids is 1. The molecule has 0 radical (unpaired) electrons. The second kappa shape index (κ2) is 8.79. The van der Waals surface area contributed by atoms with Crippen LogP contribution in [0.3, 0.4) is 0 Å². The number of halogens is 1. The molecule has 0 spiro atoms. The van der Waals surface area contributed by atoms with Crippen LogP contribution in [0.25, 0.3) is 0 Å². The summed E-state index contributed by atoms with van der Waals surface area (Å²) in [6.07, 6.45) is 0.814. The fraction of sp³-hybridized carbons (Fsp3) is 0.467. The van der Waals surface area contributed by atoms with Crippen LogP contribution in [0.1, 0.15) is 18.9 Å². The highest BCUT2D eigenvalue weighted by Crippen LogP contribution is 2.17. The molecule has 0 aromatic heterocycles. The predicted octanol–water partition coefficient (Wildman–Crippen LogP) is 2.20. The molecule has 0 atom stereocenters. The van der Waals surface area contributed by atoms with Gasteiger partial charge in [0.2, 0.25) is 5.91 Å². The molecule has 6 heteroatoms. The Morgan fingerprint density at radius 1 is 1.24 bits per heavy atom. The summed E-state index contributed by atoms with van der Waals surface area (Å²) in [5.74, 6) is -0.995. The summed E-state index contributed by atoms with van der Waals surface area (Å²) in [6.45, 7) is 3.07. The van der Waals surface area contributed by atoms with Crippen LogP contribution in [0.5, 0.6) is 0 Å². The van der Waals surface area contributed by atoms with Crippen LogP contribution in [0.2, 0.25) is 0 Å². The highest BCUT2D eigenvalue weighted by atomic mass is 79.9. The van der Waals surface area contributed by atoms with Gasteiger partial charge in [-0.1, -0.05) is 41.1 Å². The van der Waals surface area contributed by atoms with Crippen molar-refractivity contribution in [2.75, 3.05) is 26.7 Å². The Labute approximate surface area is 133 Å². The van der Waals surface area contributed by atoms with Gasteiger partial charge in [-0.15, -0.1) is 0 Å². The maximum Gasteiger partial charge on any atom is 0.317 e. The molecule has 1 rings (SSSR count). The maximum absolute atomic E-state index is 12.2. The third-order valence-electron chi connectivity index (χ3n) is 3.05. The molecule has 0 aliphatic heterocycles. The number of carbonyl (C=O) groups excluding carboxylic acids is 1. The molecule has 1 aromatic rings. The molecular weight excluding hydrogens is 336 g/mol. The van der Waals surface area contributed by atoms with E-state index in [-0.39, 0.29) is 19.0 Å². The van der Waals surface area contributed by atoms with E-state index < -0.39 is 5.97 Å². The minimum absolute atomic E-state index is 0.0829. The predicted molar refractivity (Wildman–Crippen MR) is 85.0 cm³/mol. The lowest BCUT2D eigenvalue weighted by Gasteiger charge is -2.23. The van der Waals surface area contributed by atoms with Gasteiger partial charge in [-0.05, 0) is 24.6 Å². The van der Waals surface area contributed by atoms with Gasteiger partial charge in [0.25, 0.3) is 0 Å². The van der Waals surface area contributed by atoms with E-state index in [2.05, 4.69) is 15.9 Å². The molecule has 116 valence electrons. The van der Waals surface area contributed by atoms with Crippen LogP contribution in [0.15, 0.2) is 28.7 Å². The first kappa shape index (κ1) is 17.7. The molecule has 0 heterocycles. The number of likely N-dealkylation sites (N-methyl/N-ethyl adjacent to an activating group) is 1. The van der Waals surface area contributed by atoms with Crippen molar-refractivity contribution in [1.82, 2.24) is 9.80 Å². The van der Waals surface area contributed by atoms with Gasteiger partial charge in [0.1, 0.15) is 0 Å². The van der Waals surface area contributed by atoms with Crippen LogP contribution in [0.4, 0.5) is 0 Å². The van der Waals surface area contributed by atoms with Crippen molar-refractivity contribution >= 4 is 27.8 Å². The molecule has 0 unspecified atom stereocenters. The zero-order valence-electron chi connectivity index (χ0n) is 12.4. The number of benzene rings is 1. The monoisotopic (exact) mass is 356 g/mol. The first-order valence-corrected chi connectivity index (χ1v) is 7.64. The zero-order chi connectivity index (χ0) is 15.8. The van der Waals surface area contributed by atoms with Crippen molar-refractivity contribution in [1.29, 1.82) is 0 Å². The first-order valence-electron chi connectivity index (χ1n) is 6.85. The highest BCUT2D eigenvalue weighted by Gasteiger charge is 2.16. The molecule has 1 aromatic carbocycles. The van der Waals surface area contributed by atoms with Crippen LogP contribution in [0, 0.1) is 0 Å². The molecule has 0 aliphatic rings. The smallest absolute Gasteiger partial charge is 0.317 e. The van der Waals surface area contributed by atoms with Crippen molar-refractivity contribution in [2.24, 2.45) is 0 Å². The number of carboxylic acid groups (broad SMARTS) is 1. The van der Waals surface area contributed by atoms with E-state index >= 15 is 0 Å². The Bertz CT molecular complexity index is 494. The molecule has 0 saturated carbocycles. The van der Waals surface area contributed by atoms with Gasteiger partial charge in [0.05, 0.1) is 13.1 Å². The SMILES string of the molecule is CCCN(CC(=O)O)CC(=O)N(C)Cc1ccccc1Br. The van der Waals surface area contributed by atoms with Gasteiger partial charge >= 0.3 is 5.97 Å². The highest BCUT2D eigenvalue weighted by molar-refractivity contribution is 9.10. The van der Waals surface area contributed by atoms with Gasteiger partial charge in [0, 0.05) is 18.1 Å². The number of carbonyl (C=O) groups is 2. The Kier molecular flexibility index (Phi) is 7.39. The third-order valence-corrected chi connectivity index (χ3v) is 3.82. The molecule has 21 heavy (non-hydrogen) atoms. The number of aliphatic carboxylic acids is 1. The molecule has 0 fully saturated rings. The standard InChI is InChI=1S/C15H21BrN2O3/c1-3-8-18(11-15(20)21)10-14(19)17(2)9-12-6-4-5-7-13(12)16/h4-7H,3,8-11H2,1-2H3,(H,20,21). The van der Waals surface area contributed by atoms with Crippen LogP contribution < -0.4 is 0 Å². The van der Waals surface area contributed by atoms with Gasteiger partial charge in [0.15, 0.2) is 0 Å². The Balaban J connectivity index is 2.60. The van der Waals surface area contributed by atoms with Crippen molar-refractivity contribution in [3.05, 3.63) is 34.3 Å². The van der Waals surface area contributed by atoms with Crippen LogP contribution in [-0.2, 0) is 16.1 Å². The lowest BCUT2D eigenvalue weighted by atomic mass is 10.2. The Morgan fingerprint density at radius 2 is 1.90 bits per heavy atom. The molecular formula is C15H21BrN2O3. The normalized spacial score (nSPS) is 10.7. The van der Waals surface area contributed by atoms with E-state index in [1.165, 1.54) is 0 Å². The largest absolute Gasteiger partial charge is 0.480 e. The zero-order valence-corrected chi connectivity index (χ0v) is 14.0. The summed E-state index contributed by atoms with van der Waals surface area (Å²) in [4.78, 5) is 26.3. The second-order valence-corrected chi connectivity index (χ2v) is 5.80. The van der Waals surface area contributed by atoms with Crippen molar-refractivity contribution in [3.63, 3.8) is 0 Å². The summed E-state index contributed by atoms with van der Waals surface area (Å²) in [7, 11) is 1.73. The van der Waals surface area contributed by atoms with Gasteiger partial charge < -0.3 is 10.0 Å².